The summed E-state index contributed by atoms with van der Waals surface area (Å²) in [4.78, 5) is 25.9. The smallest absolute Gasteiger partial charge is 0.265 e. The molecule has 2 amide bonds. The van der Waals surface area contributed by atoms with Crippen LogP contribution >= 0.6 is 0 Å². The Kier molecular flexibility index (Phi) is 5.18. The summed E-state index contributed by atoms with van der Waals surface area (Å²) in [6, 6.07) is 15.9. The van der Waals surface area contributed by atoms with Crippen molar-refractivity contribution in [3.63, 3.8) is 0 Å². The number of nitriles is 1. The maximum atomic E-state index is 12.3. The largest absolute Gasteiger partial charge is 0.481 e. The normalized spacial score (nSPS) is 14.6. The zero-order valence-corrected chi connectivity index (χ0v) is 14.4. The van der Waals surface area contributed by atoms with Crippen LogP contribution in [-0.4, -0.2) is 24.5 Å². The number of carbonyl (C=O) groups excluding carboxylic acids is 2. The van der Waals surface area contributed by atoms with Crippen LogP contribution in [0, 0.1) is 11.3 Å². The van der Waals surface area contributed by atoms with Crippen LogP contribution < -0.4 is 15.0 Å². The molecule has 1 aliphatic rings. The lowest BCUT2D eigenvalue weighted by atomic mass is 10.2. The zero-order valence-electron chi connectivity index (χ0n) is 14.4. The zero-order chi connectivity index (χ0) is 18.5. The van der Waals surface area contributed by atoms with Crippen molar-refractivity contribution >= 4 is 23.2 Å². The van der Waals surface area contributed by atoms with Gasteiger partial charge in [0, 0.05) is 30.4 Å². The molecule has 0 bridgehead atoms. The molecule has 1 saturated heterocycles. The van der Waals surface area contributed by atoms with E-state index in [2.05, 4.69) is 5.32 Å². The van der Waals surface area contributed by atoms with Crippen LogP contribution in [0.25, 0.3) is 0 Å². The first kappa shape index (κ1) is 17.5. The van der Waals surface area contributed by atoms with E-state index < -0.39 is 6.10 Å². The van der Waals surface area contributed by atoms with Gasteiger partial charge in [-0.2, -0.15) is 5.26 Å². The van der Waals surface area contributed by atoms with E-state index in [-0.39, 0.29) is 11.8 Å². The highest BCUT2D eigenvalue weighted by Gasteiger charge is 2.22. The van der Waals surface area contributed by atoms with Crippen LogP contribution in [0.4, 0.5) is 11.4 Å². The number of amides is 2. The van der Waals surface area contributed by atoms with Gasteiger partial charge in [0.05, 0.1) is 11.6 Å². The molecule has 1 N–H and O–H groups in total. The minimum Gasteiger partial charge on any atom is -0.481 e. The molecule has 1 aliphatic heterocycles. The van der Waals surface area contributed by atoms with Gasteiger partial charge in [0.2, 0.25) is 5.91 Å². The number of rotatable bonds is 5. The lowest BCUT2D eigenvalue weighted by Gasteiger charge is -2.19. The van der Waals surface area contributed by atoms with E-state index in [9.17, 15) is 9.59 Å². The highest BCUT2D eigenvalue weighted by molar-refractivity contribution is 5.96. The molecule has 6 heteroatoms. The molecule has 1 heterocycles. The fraction of sp³-hybridized carbons (Fsp3) is 0.250. The molecular formula is C20H19N3O3. The van der Waals surface area contributed by atoms with Gasteiger partial charge in [-0.05, 0) is 43.7 Å². The number of hydrogen-bond donors (Lipinski definition) is 1. The Balaban J connectivity index is 1.65. The monoisotopic (exact) mass is 349 g/mol. The van der Waals surface area contributed by atoms with Gasteiger partial charge in [0.25, 0.3) is 5.91 Å². The second-order valence-corrected chi connectivity index (χ2v) is 6.09. The summed E-state index contributed by atoms with van der Waals surface area (Å²) >= 11 is 0. The van der Waals surface area contributed by atoms with E-state index in [0.717, 1.165) is 12.1 Å². The van der Waals surface area contributed by atoms with Gasteiger partial charge in [-0.15, -0.1) is 0 Å². The van der Waals surface area contributed by atoms with Gasteiger partial charge in [-0.25, -0.2) is 0 Å². The van der Waals surface area contributed by atoms with E-state index in [1.165, 1.54) is 0 Å². The molecule has 0 aromatic heterocycles. The van der Waals surface area contributed by atoms with Gasteiger partial charge in [0.15, 0.2) is 6.10 Å². The highest BCUT2D eigenvalue weighted by Crippen LogP contribution is 2.26. The molecular weight excluding hydrogens is 330 g/mol. The Morgan fingerprint density at radius 2 is 2.08 bits per heavy atom. The summed E-state index contributed by atoms with van der Waals surface area (Å²) in [6.07, 6.45) is 0.682. The van der Waals surface area contributed by atoms with Crippen LogP contribution in [0.2, 0.25) is 0 Å². The molecule has 1 fully saturated rings. The Morgan fingerprint density at radius 1 is 1.27 bits per heavy atom. The Labute approximate surface area is 152 Å². The third-order valence-electron chi connectivity index (χ3n) is 4.14. The summed E-state index contributed by atoms with van der Waals surface area (Å²) in [6.45, 7) is 2.35. The van der Waals surface area contributed by atoms with Crippen molar-refractivity contribution < 1.29 is 14.3 Å². The Morgan fingerprint density at radius 3 is 2.81 bits per heavy atom. The van der Waals surface area contributed by atoms with Gasteiger partial charge in [-0.3, -0.25) is 9.59 Å². The van der Waals surface area contributed by atoms with Crippen molar-refractivity contribution in [1.29, 1.82) is 5.26 Å². The third kappa shape index (κ3) is 4.01. The van der Waals surface area contributed by atoms with Crippen molar-refractivity contribution in [2.24, 2.45) is 0 Å². The summed E-state index contributed by atoms with van der Waals surface area (Å²) in [5.74, 6) is 0.309. The van der Waals surface area contributed by atoms with E-state index in [0.29, 0.717) is 30.0 Å². The lowest BCUT2D eigenvalue weighted by molar-refractivity contribution is -0.122. The average molecular weight is 349 g/mol. The van der Waals surface area contributed by atoms with E-state index in [1.807, 2.05) is 12.1 Å². The van der Waals surface area contributed by atoms with Crippen LogP contribution in [0.5, 0.6) is 5.75 Å². The fourth-order valence-electron chi connectivity index (χ4n) is 2.81. The average Bonchev–Trinajstić information content (AvgIpc) is 3.08. The third-order valence-corrected chi connectivity index (χ3v) is 4.14. The number of hydrogen-bond acceptors (Lipinski definition) is 4. The number of benzene rings is 2. The maximum Gasteiger partial charge on any atom is 0.265 e. The van der Waals surface area contributed by atoms with Gasteiger partial charge >= 0.3 is 0 Å². The summed E-state index contributed by atoms with van der Waals surface area (Å²) in [5, 5.41) is 11.7. The van der Waals surface area contributed by atoms with Crippen molar-refractivity contribution in [3.8, 4) is 11.8 Å². The quantitative estimate of drug-likeness (QED) is 0.899. The number of nitrogens with zero attached hydrogens (tertiary/aromatic N) is 2. The predicted octanol–water partition coefficient (Wildman–Crippen LogP) is 3.09. The van der Waals surface area contributed by atoms with Crippen LogP contribution in [-0.2, 0) is 9.59 Å². The standard InChI is InChI=1S/C20H19N3O3/c1-14(20(25)22-16-6-2-5-15(11-16)13-21)26-18-8-3-7-17(12-18)23-10-4-9-19(23)24/h2-3,5-8,11-12,14H,4,9-10H2,1H3,(H,22,25)/t14-/m0/s1. The van der Waals surface area contributed by atoms with Crippen LogP contribution in [0.1, 0.15) is 25.3 Å². The van der Waals surface area contributed by atoms with Crippen LogP contribution in [0.15, 0.2) is 48.5 Å². The summed E-state index contributed by atoms with van der Waals surface area (Å²) in [5.41, 5.74) is 1.79. The molecule has 0 saturated carbocycles. The number of nitrogens with one attached hydrogen (secondary N) is 1. The first-order chi connectivity index (χ1) is 12.6. The number of ether oxygens (including phenoxy) is 1. The van der Waals surface area contributed by atoms with Gasteiger partial charge in [0.1, 0.15) is 5.75 Å². The predicted molar refractivity (Wildman–Crippen MR) is 97.9 cm³/mol. The second kappa shape index (κ2) is 7.70. The molecule has 0 spiro atoms. The molecule has 0 radical (unpaired) electrons. The van der Waals surface area contributed by atoms with Crippen molar-refractivity contribution in [3.05, 3.63) is 54.1 Å². The molecule has 6 nitrogen and oxygen atoms in total. The first-order valence-electron chi connectivity index (χ1n) is 8.45. The molecule has 2 aromatic rings. The van der Waals surface area contributed by atoms with Crippen LogP contribution in [0.3, 0.4) is 0 Å². The molecule has 132 valence electrons. The molecule has 26 heavy (non-hydrogen) atoms. The van der Waals surface area contributed by atoms with Crippen molar-refractivity contribution in [1.82, 2.24) is 0 Å². The van der Waals surface area contributed by atoms with Crippen molar-refractivity contribution in [2.75, 3.05) is 16.8 Å². The van der Waals surface area contributed by atoms with Gasteiger partial charge < -0.3 is 15.0 Å². The van der Waals surface area contributed by atoms with Crippen molar-refractivity contribution in [2.45, 2.75) is 25.9 Å². The molecule has 0 aliphatic carbocycles. The number of carbonyl (C=O) groups is 2. The summed E-state index contributed by atoms with van der Waals surface area (Å²) in [7, 11) is 0. The first-order valence-corrected chi connectivity index (χ1v) is 8.45. The SMILES string of the molecule is C[C@H](Oc1cccc(N2CCCC2=O)c1)C(=O)Nc1cccc(C#N)c1. The van der Waals surface area contributed by atoms with E-state index >= 15 is 0 Å². The Hall–Kier alpha value is -3.33. The molecule has 0 unspecified atom stereocenters. The fourth-order valence-corrected chi connectivity index (χ4v) is 2.81. The Bertz CT molecular complexity index is 873. The minimum absolute atomic E-state index is 0.102. The maximum absolute atomic E-state index is 12.3. The van der Waals surface area contributed by atoms with Gasteiger partial charge in [-0.1, -0.05) is 12.1 Å². The number of anilines is 2. The molecule has 2 aromatic carbocycles. The van der Waals surface area contributed by atoms with E-state index in [4.69, 9.17) is 10.00 Å². The highest BCUT2D eigenvalue weighted by atomic mass is 16.5. The molecule has 3 rings (SSSR count). The molecule has 1 atom stereocenters. The minimum atomic E-state index is -0.731. The topological polar surface area (TPSA) is 82.4 Å². The summed E-state index contributed by atoms with van der Waals surface area (Å²) < 4.78 is 5.73. The van der Waals surface area contributed by atoms with E-state index in [1.54, 1.807) is 54.3 Å². The lowest BCUT2D eigenvalue weighted by Crippen LogP contribution is -2.30. The second-order valence-electron chi connectivity index (χ2n) is 6.09.